The number of hydrogen-bond acceptors (Lipinski definition) is 1. The maximum atomic E-state index is 6.22. The molecule has 0 aromatic heterocycles. The molecule has 2 aromatic rings. The first kappa shape index (κ1) is 15.1. The SMILES string of the molecule is NC(Cc1cccc(Cl)c1Cl)c1ccc(Cl)cc1Br. The lowest BCUT2D eigenvalue weighted by Crippen LogP contribution is -2.14. The standard InChI is InChI=1S/C14H11BrCl3N/c15-11-7-9(16)4-5-10(11)13(19)6-8-2-1-3-12(17)14(8)18/h1-5,7,13H,6,19H2. The molecule has 100 valence electrons. The summed E-state index contributed by atoms with van der Waals surface area (Å²) in [5.74, 6) is 0. The molecule has 0 saturated heterocycles. The van der Waals surface area contributed by atoms with Gasteiger partial charge in [-0.05, 0) is 35.7 Å². The normalized spacial score (nSPS) is 12.5. The van der Waals surface area contributed by atoms with E-state index in [2.05, 4.69) is 15.9 Å². The van der Waals surface area contributed by atoms with Crippen LogP contribution in [0.15, 0.2) is 40.9 Å². The zero-order chi connectivity index (χ0) is 14.0. The van der Waals surface area contributed by atoms with E-state index in [0.29, 0.717) is 21.5 Å². The third kappa shape index (κ3) is 3.65. The first-order valence-corrected chi connectivity index (χ1v) is 7.55. The lowest BCUT2D eigenvalue weighted by atomic mass is 10.00. The molecule has 0 aliphatic carbocycles. The van der Waals surface area contributed by atoms with Gasteiger partial charge in [-0.2, -0.15) is 0 Å². The Labute approximate surface area is 135 Å². The van der Waals surface area contributed by atoms with Crippen LogP contribution in [0.5, 0.6) is 0 Å². The summed E-state index contributed by atoms with van der Waals surface area (Å²) < 4.78 is 0.894. The predicted molar refractivity (Wildman–Crippen MR) is 86.2 cm³/mol. The van der Waals surface area contributed by atoms with E-state index in [1.165, 1.54) is 0 Å². The van der Waals surface area contributed by atoms with Gasteiger partial charge in [0, 0.05) is 15.5 Å². The van der Waals surface area contributed by atoms with Gasteiger partial charge in [0.05, 0.1) is 10.0 Å². The van der Waals surface area contributed by atoms with Crippen molar-refractivity contribution in [1.29, 1.82) is 0 Å². The van der Waals surface area contributed by atoms with E-state index >= 15 is 0 Å². The topological polar surface area (TPSA) is 26.0 Å². The molecule has 0 amide bonds. The van der Waals surface area contributed by atoms with Gasteiger partial charge in [0.1, 0.15) is 0 Å². The van der Waals surface area contributed by atoms with Gasteiger partial charge in [-0.3, -0.25) is 0 Å². The zero-order valence-corrected chi connectivity index (χ0v) is 13.7. The molecule has 1 unspecified atom stereocenters. The van der Waals surface area contributed by atoms with Gasteiger partial charge < -0.3 is 5.73 Å². The monoisotopic (exact) mass is 377 g/mol. The van der Waals surface area contributed by atoms with Crippen molar-refractivity contribution in [3.05, 3.63) is 67.1 Å². The Kier molecular flexibility index (Phi) is 5.15. The highest BCUT2D eigenvalue weighted by Crippen LogP contribution is 2.31. The van der Waals surface area contributed by atoms with E-state index in [4.69, 9.17) is 40.5 Å². The van der Waals surface area contributed by atoms with E-state index in [1.807, 2.05) is 30.3 Å². The Hall–Kier alpha value is -0.250. The summed E-state index contributed by atoms with van der Waals surface area (Å²) in [6.07, 6.45) is 0.611. The van der Waals surface area contributed by atoms with Crippen LogP contribution in [0.25, 0.3) is 0 Å². The van der Waals surface area contributed by atoms with Gasteiger partial charge >= 0.3 is 0 Å². The van der Waals surface area contributed by atoms with Crippen LogP contribution in [-0.4, -0.2) is 0 Å². The van der Waals surface area contributed by atoms with E-state index in [0.717, 1.165) is 15.6 Å². The molecule has 0 fully saturated rings. The largest absolute Gasteiger partial charge is 0.324 e. The van der Waals surface area contributed by atoms with Gasteiger partial charge in [0.2, 0.25) is 0 Å². The number of nitrogens with two attached hydrogens (primary N) is 1. The predicted octanol–water partition coefficient (Wildman–Crippen LogP) is 5.65. The van der Waals surface area contributed by atoms with Crippen LogP contribution in [0.2, 0.25) is 15.1 Å². The average Bonchev–Trinajstić information content (AvgIpc) is 2.34. The van der Waals surface area contributed by atoms with E-state index < -0.39 is 0 Å². The molecule has 1 atom stereocenters. The van der Waals surface area contributed by atoms with Crippen LogP contribution in [0.1, 0.15) is 17.2 Å². The number of benzene rings is 2. The molecular weight excluding hydrogens is 368 g/mol. The van der Waals surface area contributed by atoms with Crippen LogP contribution in [0.3, 0.4) is 0 Å². The second-order valence-electron chi connectivity index (χ2n) is 4.19. The molecule has 0 heterocycles. The summed E-state index contributed by atoms with van der Waals surface area (Å²) in [5.41, 5.74) is 8.14. The third-order valence-electron chi connectivity index (χ3n) is 2.83. The summed E-state index contributed by atoms with van der Waals surface area (Å²) >= 11 is 21.6. The highest BCUT2D eigenvalue weighted by molar-refractivity contribution is 9.10. The van der Waals surface area contributed by atoms with Crippen LogP contribution >= 0.6 is 50.7 Å². The molecule has 2 rings (SSSR count). The average molecular weight is 380 g/mol. The lowest BCUT2D eigenvalue weighted by Gasteiger charge is -2.15. The summed E-state index contributed by atoms with van der Waals surface area (Å²) in [4.78, 5) is 0. The van der Waals surface area contributed by atoms with Crippen molar-refractivity contribution in [1.82, 2.24) is 0 Å². The first-order chi connectivity index (χ1) is 8.99. The Morgan fingerprint density at radius 3 is 2.53 bits per heavy atom. The van der Waals surface area contributed by atoms with Crippen LogP contribution in [0, 0.1) is 0 Å². The van der Waals surface area contributed by atoms with Crippen LogP contribution in [-0.2, 0) is 6.42 Å². The number of halogens is 4. The van der Waals surface area contributed by atoms with Crippen molar-refractivity contribution in [3.63, 3.8) is 0 Å². The fraction of sp³-hybridized carbons (Fsp3) is 0.143. The summed E-state index contributed by atoms with van der Waals surface area (Å²) in [6, 6.07) is 10.9. The number of rotatable bonds is 3. The van der Waals surface area contributed by atoms with Crippen molar-refractivity contribution in [2.75, 3.05) is 0 Å². The molecule has 0 aliphatic heterocycles. The highest BCUT2D eigenvalue weighted by atomic mass is 79.9. The minimum Gasteiger partial charge on any atom is -0.324 e. The van der Waals surface area contributed by atoms with Gasteiger partial charge in [0.15, 0.2) is 0 Å². The molecule has 0 bridgehead atoms. The second kappa shape index (κ2) is 6.47. The Morgan fingerprint density at radius 1 is 1.11 bits per heavy atom. The Morgan fingerprint density at radius 2 is 1.84 bits per heavy atom. The molecule has 0 saturated carbocycles. The van der Waals surface area contributed by atoms with Gasteiger partial charge in [-0.25, -0.2) is 0 Å². The third-order valence-corrected chi connectivity index (χ3v) is 4.61. The quantitative estimate of drug-likeness (QED) is 0.732. The van der Waals surface area contributed by atoms with Crippen LogP contribution < -0.4 is 5.73 Å². The molecule has 2 aromatic carbocycles. The molecule has 19 heavy (non-hydrogen) atoms. The van der Waals surface area contributed by atoms with Crippen molar-refractivity contribution in [3.8, 4) is 0 Å². The van der Waals surface area contributed by atoms with Crippen molar-refractivity contribution < 1.29 is 0 Å². The molecule has 2 N–H and O–H groups in total. The molecule has 0 aliphatic rings. The summed E-state index contributed by atoms with van der Waals surface area (Å²) in [6.45, 7) is 0. The van der Waals surface area contributed by atoms with Crippen LogP contribution in [0.4, 0.5) is 0 Å². The van der Waals surface area contributed by atoms with Gasteiger partial charge in [-0.1, -0.05) is 68.9 Å². The molecule has 5 heteroatoms. The van der Waals surface area contributed by atoms with E-state index in [9.17, 15) is 0 Å². The van der Waals surface area contributed by atoms with E-state index in [1.54, 1.807) is 6.07 Å². The smallest absolute Gasteiger partial charge is 0.0624 e. The minimum atomic E-state index is -0.178. The summed E-state index contributed by atoms with van der Waals surface area (Å²) in [7, 11) is 0. The van der Waals surface area contributed by atoms with E-state index in [-0.39, 0.29) is 6.04 Å². The fourth-order valence-electron chi connectivity index (χ4n) is 1.86. The maximum Gasteiger partial charge on any atom is 0.0624 e. The second-order valence-corrected chi connectivity index (χ2v) is 6.27. The fourth-order valence-corrected chi connectivity index (χ4v) is 3.23. The van der Waals surface area contributed by atoms with Gasteiger partial charge in [0.25, 0.3) is 0 Å². The lowest BCUT2D eigenvalue weighted by molar-refractivity contribution is 0.718. The van der Waals surface area contributed by atoms with Crippen molar-refractivity contribution >= 4 is 50.7 Å². The molecule has 1 nitrogen and oxygen atoms in total. The Bertz CT molecular complexity index is 601. The maximum absolute atomic E-state index is 6.22. The van der Waals surface area contributed by atoms with Crippen molar-refractivity contribution in [2.24, 2.45) is 5.73 Å². The Balaban J connectivity index is 2.25. The highest BCUT2D eigenvalue weighted by Gasteiger charge is 2.13. The number of hydrogen-bond donors (Lipinski definition) is 1. The minimum absolute atomic E-state index is 0.178. The molecule has 0 radical (unpaired) electrons. The molecular formula is C14H11BrCl3N. The first-order valence-electron chi connectivity index (χ1n) is 5.62. The van der Waals surface area contributed by atoms with Gasteiger partial charge in [-0.15, -0.1) is 0 Å². The molecule has 0 spiro atoms. The summed E-state index contributed by atoms with van der Waals surface area (Å²) in [5, 5.41) is 1.77. The van der Waals surface area contributed by atoms with Crippen molar-refractivity contribution in [2.45, 2.75) is 12.5 Å². The zero-order valence-electron chi connectivity index (χ0n) is 9.84.